The average Bonchev–Trinajstić information content (AvgIpc) is 2.49. The van der Waals surface area contributed by atoms with Crippen molar-refractivity contribution in [1.82, 2.24) is 0 Å². The zero-order valence-corrected chi connectivity index (χ0v) is 12.5. The van der Waals surface area contributed by atoms with Crippen molar-refractivity contribution in [3.05, 3.63) is 64.7 Å². The van der Waals surface area contributed by atoms with Crippen LogP contribution < -0.4 is 4.74 Å². The number of benzene rings is 2. The molecule has 0 heterocycles. The van der Waals surface area contributed by atoms with E-state index < -0.39 is 0 Å². The predicted molar refractivity (Wildman–Crippen MR) is 83.9 cm³/mol. The number of aryl methyl sites for hydroxylation is 1. The number of hydrogen-bond acceptors (Lipinski definition) is 3. The zero-order chi connectivity index (χ0) is 14.4. The first-order valence-electron chi connectivity index (χ1n) is 6.44. The van der Waals surface area contributed by atoms with Crippen molar-refractivity contribution in [2.75, 3.05) is 7.11 Å². The molecular formula is C17H17NOS. The first kappa shape index (κ1) is 14.5. The molecule has 0 aliphatic rings. The maximum absolute atomic E-state index is 9.08. The summed E-state index contributed by atoms with van der Waals surface area (Å²) in [5, 5.41) is 9.08. The summed E-state index contributed by atoms with van der Waals surface area (Å²) in [6.07, 6.45) is 0. The molecule has 0 amide bonds. The molecule has 2 rings (SSSR count). The van der Waals surface area contributed by atoms with E-state index >= 15 is 0 Å². The number of ether oxygens (including phenoxy) is 1. The zero-order valence-electron chi connectivity index (χ0n) is 11.7. The van der Waals surface area contributed by atoms with Gasteiger partial charge in [-0.05, 0) is 35.7 Å². The van der Waals surface area contributed by atoms with Gasteiger partial charge in [-0.1, -0.05) is 30.3 Å². The van der Waals surface area contributed by atoms with E-state index in [1.165, 1.54) is 11.1 Å². The van der Waals surface area contributed by atoms with Crippen molar-refractivity contribution in [3.63, 3.8) is 0 Å². The number of nitrogens with zero attached hydrogens (tertiary/aromatic N) is 1. The van der Waals surface area contributed by atoms with Gasteiger partial charge in [0.25, 0.3) is 0 Å². The van der Waals surface area contributed by atoms with Gasteiger partial charge in [0.1, 0.15) is 11.8 Å². The van der Waals surface area contributed by atoms with E-state index in [0.717, 1.165) is 17.1 Å². The van der Waals surface area contributed by atoms with Crippen molar-refractivity contribution in [1.29, 1.82) is 5.26 Å². The Morgan fingerprint density at radius 2 is 1.95 bits per heavy atom. The SMILES string of the molecule is COc1ccc(CSCc2ccccc2C)cc1C#N. The third-order valence-corrected chi connectivity index (χ3v) is 4.22. The van der Waals surface area contributed by atoms with E-state index in [1.54, 1.807) is 7.11 Å². The molecule has 0 saturated carbocycles. The third kappa shape index (κ3) is 3.55. The third-order valence-electron chi connectivity index (χ3n) is 3.17. The Hall–Kier alpha value is -1.92. The molecule has 102 valence electrons. The van der Waals surface area contributed by atoms with Gasteiger partial charge < -0.3 is 4.74 Å². The van der Waals surface area contributed by atoms with Gasteiger partial charge in [0, 0.05) is 11.5 Å². The highest BCUT2D eigenvalue weighted by Gasteiger charge is 2.04. The Bertz CT molecular complexity index is 631. The molecule has 0 fully saturated rings. The van der Waals surface area contributed by atoms with E-state index in [-0.39, 0.29) is 0 Å². The Morgan fingerprint density at radius 3 is 2.65 bits per heavy atom. The minimum absolute atomic E-state index is 0.599. The summed E-state index contributed by atoms with van der Waals surface area (Å²) in [7, 11) is 1.59. The molecule has 0 radical (unpaired) electrons. The molecule has 0 spiro atoms. The Kier molecular flexibility index (Phi) is 5.09. The largest absolute Gasteiger partial charge is 0.495 e. The van der Waals surface area contributed by atoms with Crippen LogP contribution in [0.25, 0.3) is 0 Å². The second-order valence-corrected chi connectivity index (χ2v) is 5.55. The molecule has 0 saturated heterocycles. The molecule has 2 aromatic carbocycles. The van der Waals surface area contributed by atoms with Gasteiger partial charge >= 0.3 is 0 Å². The standard InChI is InChI=1S/C17H17NOS/c1-13-5-3-4-6-15(13)12-20-11-14-7-8-17(19-2)16(9-14)10-18/h3-9H,11-12H2,1-2H3. The van der Waals surface area contributed by atoms with E-state index in [1.807, 2.05) is 30.0 Å². The summed E-state index contributed by atoms with van der Waals surface area (Å²) in [5.41, 5.74) is 4.45. The molecule has 0 N–H and O–H groups in total. The van der Waals surface area contributed by atoms with E-state index in [2.05, 4.69) is 37.3 Å². The number of thioether (sulfide) groups is 1. The van der Waals surface area contributed by atoms with Crippen molar-refractivity contribution in [2.24, 2.45) is 0 Å². The normalized spacial score (nSPS) is 10.1. The Labute approximate surface area is 124 Å². The van der Waals surface area contributed by atoms with Crippen LogP contribution in [-0.4, -0.2) is 7.11 Å². The predicted octanol–water partition coefficient (Wildman–Crippen LogP) is 4.31. The lowest BCUT2D eigenvalue weighted by molar-refractivity contribution is 0.413. The molecule has 0 atom stereocenters. The fraction of sp³-hybridized carbons (Fsp3) is 0.235. The topological polar surface area (TPSA) is 33.0 Å². The smallest absolute Gasteiger partial charge is 0.136 e. The summed E-state index contributed by atoms with van der Waals surface area (Å²) in [6.45, 7) is 2.14. The summed E-state index contributed by atoms with van der Waals surface area (Å²) >= 11 is 1.86. The maximum Gasteiger partial charge on any atom is 0.136 e. The highest BCUT2D eigenvalue weighted by Crippen LogP contribution is 2.24. The highest BCUT2D eigenvalue weighted by atomic mass is 32.2. The van der Waals surface area contributed by atoms with Crippen LogP contribution in [0.3, 0.4) is 0 Å². The number of hydrogen-bond donors (Lipinski definition) is 0. The summed E-state index contributed by atoms with van der Waals surface area (Å²) in [4.78, 5) is 0. The molecule has 2 nitrogen and oxygen atoms in total. The van der Waals surface area contributed by atoms with Crippen LogP contribution >= 0.6 is 11.8 Å². The minimum Gasteiger partial charge on any atom is -0.495 e. The van der Waals surface area contributed by atoms with Crippen LogP contribution in [0.15, 0.2) is 42.5 Å². The lowest BCUT2D eigenvalue weighted by Gasteiger charge is -2.07. The molecule has 3 heteroatoms. The molecule has 0 unspecified atom stereocenters. The van der Waals surface area contributed by atoms with Gasteiger partial charge in [0.05, 0.1) is 12.7 Å². The molecule has 0 aliphatic heterocycles. The molecule has 0 aliphatic carbocycles. The van der Waals surface area contributed by atoms with Gasteiger partial charge in [0.2, 0.25) is 0 Å². The lowest BCUT2D eigenvalue weighted by Crippen LogP contribution is -1.91. The fourth-order valence-corrected chi connectivity index (χ4v) is 3.04. The van der Waals surface area contributed by atoms with Gasteiger partial charge in [-0.25, -0.2) is 0 Å². The molecule has 0 aromatic heterocycles. The van der Waals surface area contributed by atoms with Crippen molar-refractivity contribution in [2.45, 2.75) is 18.4 Å². The van der Waals surface area contributed by atoms with Gasteiger partial charge in [-0.2, -0.15) is 17.0 Å². The number of nitriles is 1. The molecule has 2 aromatic rings. The van der Waals surface area contributed by atoms with Crippen LogP contribution in [0.5, 0.6) is 5.75 Å². The van der Waals surface area contributed by atoms with Gasteiger partial charge in [-0.15, -0.1) is 0 Å². The molecule has 0 bridgehead atoms. The first-order chi connectivity index (χ1) is 9.74. The Morgan fingerprint density at radius 1 is 1.15 bits per heavy atom. The second kappa shape index (κ2) is 7.02. The second-order valence-electron chi connectivity index (χ2n) is 4.57. The van der Waals surface area contributed by atoms with Crippen molar-refractivity contribution < 1.29 is 4.74 Å². The molecule has 20 heavy (non-hydrogen) atoms. The number of rotatable bonds is 5. The van der Waals surface area contributed by atoms with Gasteiger partial charge in [0.15, 0.2) is 0 Å². The van der Waals surface area contributed by atoms with Crippen LogP contribution in [0.2, 0.25) is 0 Å². The van der Waals surface area contributed by atoms with Gasteiger partial charge in [-0.3, -0.25) is 0 Å². The lowest BCUT2D eigenvalue weighted by atomic mass is 10.1. The van der Waals surface area contributed by atoms with Crippen molar-refractivity contribution >= 4 is 11.8 Å². The maximum atomic E-state index is 9.08. The summed E-state index contributed by atoms with van der Waals surface area (Å²) in [5.74, 6) is 2.52. The van der Waals surface area contributed by atoms with E-state index in [9.17, 15) is 0 Å². The van der Waals surface area contributed by atoms with E-state index in [0.29, 0.717) is 11.3 Å². The van der Waals surface area contributed by atoms with Crippen LogP contribution in [0.4, 0.5) is 0 Å². The number of methoxy groups -OCH3 is 1. The molecular weight excluding hydrogens is 266 g/mol. The average molecular weight is 283 g/mol. The van der Waals surface area contributed by atoms with E-state index in [4.69, 9.17) is 10.00 Å². The minimum atomic E-state index is 0.599. The van der Waals surface area contributed by atoms with Crippen LogP contribution in [-0.2, 0) is 11.5 Å². The highest BCUT2D eigenvalue weighted by molar-refractivity contribution is 7.97. The van der Waals surface area contributed by atoms with Crippen molar-refractivity contribution in [3.8, 4) is 11.8 Å². The summed E-state index contributed by atoms with van der Waals surface area (Å²) < 4.78 is 5.15. The summed E-state index contributed by atoms with van der Waals surface area (Å²) in [6, 6.07) is 16.4. The van der Waals surface area contributed by atoms with Crippen LogP contribution in [0.1, 0.15) is 22.3 Å². The monoisotopic (exact) mass is 283 g/mol. The Balaban J connectivity index is 1.98. The fourth-order valence-electron chi connectivity index (χ4n) is 1.98. The van der Waals surface area contributed by atoms with Crippen LogP contribution in [0, 0.1) is 18.3 Å². The first-order valence-corrected chi connectivity index (χ1v) is 7.59. The quantitative estimate of drug-likeness (QED) is 0.819.